The molecule has 1 aromatic carbocycles. The van der Waals surface area contributed by atoms with Gasteiger partial charge < -0.3 is 15.0 Å². The lowest BCUT2D eigenvalue weighted by Gasteiger charge is -2.19. The number of ether oxygens (including phenoxy) is 1. The number of hydrogen-bond acceptors (Lipinski definition) is 5. The van der Waals surface area contributed by atoms with E-state index >= 15 is 0 Å². The van der Waals surface area contributed by atoms with Crippen molar-refractivity contribution in [3.8, 4) is 17.5 Å². The zero-order valence-electron chi connectivity index (χ0n) is 17.7. The molecule has 29 heavy (non-hydrogen) atoms. The van der Waals surface area contributed by atoms with Gasteiger partial charge >= 0.3 is 0 Å². The van der Waals surface area contributed by atoms with Gasteiger partial charge in [-0.25, -0.2) is 0 Å². The second kappa shape index (κ2) is 9.26. The summed E-state index contributed by atoms with van der Waals surface area (Å²) in [5.41, 5.74) is 2.88. The first-order valence-electron chi connectivity index (χ1n) is 9.14. The summed E-state index contributed by atoms with van der Waals surface area (Å²) in [7, 11) is 6.63. The Morgan fingerprint density at radius 2 is 1.76 bits per heavy atom. The number of anilines is 1. The summed E-state index contributed by atoms with van der Waals surface area (Å²) in [6.45, 7) is 3.91. The Kier molecular flexibility index (Phi) is 7.02. The predicted octanol–water partition coefficient (Wildman–Crippen LogP) is 1.93. The number of benzene rings is 1. The van der Waals surface area contributed by atoms with Crippen molar-refractivity contribution >= 4 is 17.6 Å². The van der Waals surface area contributed by atoms with E-state index in [1.54, 1.807) is 33.2 Å². The van der Waals surface area contributed by atoms with E-state index in [1.807, 2.05) is 42.7 Å². The van der Waals surface area contributed by atoms with Crippen LogP contribution in [0.2, 0.25) is 0 Å². The summed E-state index contributed by atoms with van der Waals surface area (Å²) in [6.07, 6.45) is 0. The molecule has 0 aliphatic rings. The molecule has 8 nitrogen and oxygen atoms in total. The number of methoxy groups -OCH3 is 1. The molecular formula is C21H27N5O3. The molecule has 0 spiro atoms. The quantitative estimate of drug-likeness (QED) is 0.771. The topological polar surface area (TPSA) is 90.6 Å². The van der Waals surface area contributed by atoms with Gasteiger partial charge in [-0.2, -0.15) is 5.26 Å². The third kappa shape index (κ3) is 4.95. The third-order valence-electron chi connectivity index (χ3n) is 4.73. The van der Waals surface area contributed by atoms with E-state index in [1.165, 1.54) is 4.90 Å². The minimum Gasteiger partial charge on any atom is -0.497 e. The SMILES string of the molecule is COc1ccc(-n2c(C)c(C)c(C#N)c2NC(=O)CN(C)CC(=O)N(C)C)cc1. The van der Waals surface area contributed by atoms with Crippen LogP contribution in [0.4, 0.5) is 5.82 Å². The fraction of sp³-hybridized carbons (Fsp3) is 0.381. The number of hydrogen-bond donors (Lipinski definition) is 1. The number of nitrogens with zero attached hydrogens (tertiary/aromatic N) is 4. The molecule has 1 aromatic heterocycles. The highest BCUT2D eigenvalue weighted by molar-refractivity contribution is 5.94. The molecule has 2 rings (SSSR count). The van der Waals surface area contributed by atoms with E-state index in [2.05, 4.69) is 11.4 Å². The predicted molar refractivity (Wildman–Crippen MR) is 111 cm³/mol. The van der Waals surface area contributed by atoms with Gasteiger partial charge in [-0.05, 0) is 50.7 Å². The van der Waals surface area contributed by atoms with Crippen molar-refractivity contribution in [3.05, 3.63) is 41.1 Å². The van der Waals surface area contributed by atoms with E-state index in [-0.39, 0.29) is 24.9 Å². The molecule has 0 atom stereocenters. The number of carbonyl (C=O) groups is 2. The highest BCUT2D eigenvalue weighted by atomic mass is 16.5. The highest BCUT2D eigenvalue weighted by Gasteiger charge is 2.21. The zero-order valence-corrected chi connectivity index (χ0v) is 17.7. The van der Waals surface area contributed by atoms with E-state index < -0.39 is 0 Å². The summed E-state index contributed by atoms with van der Waals surface area (Å²) in [4.78, 5) is 27.6. The number of likely N-dealkylation sites (N-methyl/N-ethyl adjacent to an activating group) is 2. The first kappa shape index (κ1) is 22.0. The lowest BCUT2D eigenvalue weighted by Crippen LogP contribution is -2.38. The Balaban J connectivity index is 2.31. The lowest BCUT2D eigenvalue weighted by atomic mass is 10.2. The number of amides is 2. The molecule has 0 aliphatic carbocycles. The zero-order chi connectivity index (χ0) is 21.7. The summed E-state index contributed by atoms with van der Waals surface area (Å²) in [5.74, 6) is 0.743. The summed E-state index contributed by atoms with van der Waals surface area (Å²) < 4.78 is 7.05. The van der Waals surface area contributed by atoms with Gasteiger partial charge in [0.05, 0.1) is 25.8 Å². The normalized spacial score (nSPS) is 10.6. The van der Waals surface area contributed by atoms with Gasteiger partial charge in [-0.1, -0.05) is 0 Å². The van der Waals surface area contributed by atoms with Crippen LogP contribution in [-0.4, -0.2) is 67.5 Å². The Labute approximate surface area is 171 Å². The molecule has 0 radical (unpaired) electrons. The smallest absolute Gasteiger partial charge is 0.239 e. The Bertz CT molecular complexity index is 939. The standard InChI is InChI=1S/C21H27N5O3/c1-14-15(2)26(16-7-9-17(29-6)10-8-16)21(18(14)11-22)23-19(27)12-25(5)13-20(28)24(3)4/h7-10H,12-13H2,1-6H3,(H,23,27). The van der Waals surface area contributed by atoms with Crippen LogP contribution in [0.1, 0.15) is 16.8 Å². The van der Waals surface area contributed by atoms with Crippen molar-refractivity contribution in [2.45, 2.75) is 13.8 Å². The molecule has 0 aliphatic heterocycles. The molecule has 0 saturated heterocycles. The minimum atomic E-state index is -0.303. The molecule has 1 N–H and O–H groups in total. The number of aromatic nitrogens is 1. The number of rotatable bonds is 7. The second-order valence-corrected chi connectivity index (χ2v) is 7.09. The average Bonchev–Trinajstić information content (AvgIpc) is 2.91. The number of carbonyl (C=O) groups excluding carboxylic acids is 2. The van der Waals surface area contributed by atoms with Crippen molar-refractivity contribution in [1.82, 2.24) is 14.4 Å². The van der Waals surface area contributed by atoms with Gasteiger partial charge in [-0.15, -0.1) is 0 Å². The summed E-state index contributed by atoms with van der Waals surface area (Å²) in [6, 6.07) is 9.56. The first-order chi connectivity index (χ1) is 13.7. The Hall–Kier alpha value is -3.31. The molecule has 1 heterocycles. The maximum Gasteiger partial charge on any atom is 0.239 e. The van der Waals surface area contributed by atoms with Crippen LogP contribution in [0.5, 0.6) is 5.75 Å². The van der Waals surface area contributed by atoms with Crippen LogP contribution in [0.25, 0.3) is 5.69 Å². The van der Waals surface area contributed by atoms with Crippen molar-refractivity contribution in [3.63, 3.8) is 0 Å². The molecule has 2 aromatic rings. The maximum absolute atomic E-state index is 12.6. The second-order valence-electron chi connectivity index (χ2n) is 7.09. The van der Waals surface area contributed by atoms with Gasteiger partial charge in [0.2, 0.25) is 11.8 Å². The summed E-state index contributed by atoms with van der Waals surface area (Å²) >= 11 is 0. The van der Waals surface area contributed by atoms with Gasteiger partial charge in [0.25, 0.3) is 0 Å². The lowest BCUT2D eigenvalue weighted by molar-refractivity contribution is -0.130. The molecule has 0 fully saturated rings. The number of nitriles is 1. The number of nitrogens with one attached hydrogen (secondary N) is 1. The molecule has 0 saturated carbocycles. The van der Waals surface area contributed by atoms with Crippen LogP contribution in [0.3, 0.4) is 0 Å². The summed E-state index contributed by atoms with van der Waals surface area (Å²) in [5, 5.41) is 12.5. The maximum atomic E-state index is 12.6. The minimum absolute atomic E-state index is 0.0241. The molecule has 154 valence electrons. The van der Waals surface area contributed by atoms with Crippen molar-refractivity contribution in [1.29, 1.82) is 5.26 Å². The van der Waals surface area contributed by atoms with Crippen molar-refractivity contribution < 1.29 is 14.3 Å². The van der Waals surface area contributed by atoms with Crippen LogP contribution in [-0.2, 0) is 9.59 Å². The Morgan fingerprint density at radius 3 is 2.28 bits per heavy atom. The first-order valence-corrected chi connectivity index (χ1v) is 9.14. The molecule has 8 heteroatoms. The van der Waals surface area contributed by atoms with Gasteiger partial charge in [0.1, 0.15) is 17.6 Å². The fourth-order valence-corrected chi connectivity index (χ4v) is 2.96. The molecule has 2 amide bonds. The van der Waals surface area contributed by atoms with Gasteiger partial charge in [0.15, 0.2) is 0 Å². The van der Waals surface area contributed by atoms with Crippen LogP contribution in [0.15, 0.2) is 24.3 Å². The van der Waals surface area contributed by atoms with Crippen LogP contribution >= 0.6 is 0 Å². The van der Waals surface area contributed by atoms with Crippen LogP contribution in [0, 0.1) is 25.2 Å². The van der Waals surface area contributed by atoms with Crippen LogP contribution < -0.4 is 10.1 Å². The molecular weight excluding hydrogens is 370 g/mol. The van der Waals surface area contributed by atoms with E-state index in [9.17, 15) is 14.9 Å². The molecule has 0 bridgehead atoms. The van der Waals surface area contributed by atoms with E-state index in [4.69, 9.17) is 4.74 Å². The van der Waals surface area contributed by atoms with Crippen molar-refractivity contribution in [2.75, 3.05) is 46.7 Å². The van der Waals surface area contributed by atoms with E-state index in [0.29, 0.717) is 17.1 Å². The van der Waals surface area contributed by atoms with Gasteiger partial charge in [0, 0.05) is 25.5 Å². The average molecular weight is 397 g/mol. The molecule has 0 unspecified atom stereocenters. The van der Waals surface area contributed by atoms with E-state index in [0.717, 1.165) is 16.9 Å². The fourth-order valence-electron chi connectivity index (χ4n) is 2.96. The highest BCUT2D eigenvalue weighted by Crippen LogP contribution is 2.30. The van der Waals surface area contributed by atoms with Crippen molar-refractivity contribution in [2.24, 2.45) is 0 Å². The monoisotopic (exact) mass is 397 g/mol. The third-order valence-corrected chi connectivity index (χ3v) is 4.73. The Morgan fingerprint density at radius 1 is 1.14 bits per heavy atom. The van der Waals surface area contributed by atoms with Gasteiger partial charge in [-0.3, -0.25) is 19.1 Å². The largest absolute Gasteiger partial charge is 0.497 e.